The number of urea groups is 1. The number of carbonyl (C=O) groups excluding carboxylic acids is 1. The lowest BCUT2D eigenvalue weighted by molar-refractivity contribution is 0.203. The Morgan fingerprint density at radius 1 is 1.06 bits per heavy atom. The van der Waals surface area contributed by atoms with Gasteiger partial charge in [0.25, 0.3) is 5.89 Å². The Bertz CT molecular complexity index is 1440. The van der Waals surface area contributed by atoms with Crippen LogP contribution < -0.4 is 10.1 Å². The number of nitrogens with one attached hydrogen (secondary N) is 1. The summed E-state index contributed by atoms with van der Waals surface area (Å²) in [6.45, 7) is 4.26. The zero-order chi connectivity index (χ0) is 25.2. The molecule has 0 aliphatic carbocycles. The highest BCUT2D eigenvalue weighted by Gasteiger charge is 2.36. The molecule has 0 spiro atoms. The molecule has 1 unspecified atom stereocenters. The first-order valence-electron chi connectivity index (χ1n) is 11.6. The molecule has 1 atom stereocenters. The second-order valence-corrected chi connectivity index (χ2v) is 8.68. The number of aryl methyl sites for hydroxylation is 1. The summed E-state index contributed by atoms with van der Waals surface area (Å²) in [6, 6.07) is 21.7. The average Bonchev–Trinajstić information content (AvgIpc) is 3.36. The summed E-state index contributed by atoms with van der Waals surface area (Å²) in [5.74, 6) is 1.05. The van der Waals surface area contributed by atoms with Crippen molar-refractivity contribution in [2.24, 2.45) is 0 Å². The van der Waals surface area contributed by atoms with Gasteiger partial charge in [0.1, 0.15) is 0 Å². The van der Waals surface area contributed by atoms with Crippen molar-refractivity contribution in [3.05, 3.63) is 101 Å². The van der Waals surface area contributed by atoms with E-state index < -0.39 is 6.04 Å². The summed E-state index contributed by atoms with van der Waals surface area (Å²) in [4.78, 5) is 19.6. The number of aromatic hydroxyl groups is 1. The largest absolute Gasteiger partial charge is 0.504 e. The molecule has 36 heavy (non-hydrogen) atoms. The fraction of sp³-hybridized carbons (Fsp3) is 0.179. The van der Waals surface area contributed by atoms with Crippen LogP contribution in [0.5, 0.6) is 11.5 Å². The standard InChI is InChI=1S/C28H26N4O4/c1-17-8-7-9-19(14-17)16-32-18(2)24(27-30-26(31-36-27)20-10-5-4-6-11-20)25(29-28(32)34)21-12-13-23(35-3)22(33)15-21/h4-15,25,33H,16H2,1-3H3,(H,29,34). The van der Waals surface area contributed by atoms with Crippen LogP contribution in [-0.2, 0) is 6.54 Å². The maximum atomic E-state index is 13.3. The van der Waals surface area contributed by atoms with Crippen LogP contribution in [0.15, 0.2) is 83.0 Å². The van der Waals surface area contributed by atoms with E-state index in [0.29, 0.717) is 40.8 Å². The van der Waals surface area contributed by atoms with Crippen LogP contribution in [0, 0.1) is 6.92 Å². The maximum Gasteiger partial charge on any atom is 0.322 e. The van der Waals surface area contributed by atoms with E-state index in [-0.39, 0.29) is 11.8 Å². The van der Waals surface area contributed by atoms with Gasteiger partial charge in [0.2, 0.25) is 5.82 Å². The van der Waals surface area contributed by atoms with Crippen molar-refractivity contribution in [2.75, 3.05) is 7.11 Å². The minimum Gasteiger partial charge on any atom is -0.504 e. The molecule has 0 saturated carbocycles. The number of allylic oxidation sites excluding steroid dienone is 1. The summed E-state index contributed by atoms with van der Waals surface area (Å²) >= 11 is 0. The first-order valence-corrected chi connectivity index (χ1v) is 11.6. The van der Waals surface area contributed by atoms with Crippen molar-refractivity contribution in [1.82, 2.24) is 20.4 Å². The Balaban J connectivity index is 1.61. The van der Waals surface area contributed by atoms with Crippen LogP contribution in [-0.4, -0.2) is 33.3 Å². The van der Waals surface area contributed by atoms with Crippen molar-refractivity contribution in [1.29, 1.82) is 0 Å². The number of benzene rings is 3. The maximum absolute atomic E-state index is 13.3. The van der Waals surface area contributed by atoms with Gasteiger partial charge in [-0.25, -0.2) is 4.79 Å². The highest BCUT2D eigenvalue weighted by atomic mass is 16.5. The number of methoxy groups -OCH3 is 1. The van der Waals surface area contributed by atoms with Gasteiger partial charge in [-0.05, 0) is 37.1 Å². The molecule has 1 aromatic heterocycles. The van der Waals surface area contributed by atoms with Gasteiger partial charge >= 0.3 is 6.03 Å². The molecule has 2 heterocycles. The van der Waals surface area contributed by atoms with Crippen molar-refractivity contribution >= 4 is 11.6 Å². The van der Waals surface area contributed by atoms with Gasteiger partial charge in [-0.15, -0.1) is 0 Å². The van der Waals surface area contributed by atoms with Gasteiger partial charge in [-0.1, -0.05) is 71.4 Å². The fourth-order valence-corrected chi connectivity index (χ4v) is 4.42. The van der Waals surface area contributed by atoms with E-state index in [1.165, 1.54) is 7.11 Å². The van der Waals surface area contributed by atoms with E-state index in [9.17, 15) is 9.90 Å². The van der Waals surface area contributed by atoms with Crippen LogP contribution in [0.2, 0.25) is 0 Å². The number of aromatic nitrogens is 2. The molecule has 1 aliphatic rings. The van der Waals surface area contributed by atoms with Crippen LogP contribution in [0.1, 0.15) is 35.5 Å². The molecule has 2 N–H and O–H groups in total. The van der Waals surface area contributed by atoms with Gasteiger partial charge < -0.3 is 19.7 Å². The number of hydrogen-bond acceptors (Lipinski definition) is 6. The Kier molecular flexibility index (Phi) is 6.16. The summed E-state index contributed by atoms with van der Waals surface area (Å²) in [5.41, 5.74) is 4.93. The van der Waals surface area contributed by atoms with Crippen molar-refractivity contribution in [2.45, 2.75) is 26.4 Å². The lowest BCUT2D eigenvalue weighted by atomic mass is 9.94. The van der Waals surface area contributed by atoms with E-state index in [1.54, 1.807) is 23.1 Å². The minimum atomic E-state index is -0.618. The lowest BCUT2D eigenvalue weighted by Gasteiger charge is -2.35. The molecule has 0 fully saturated rings. The third kappa shape index (κ3) is 4.40. The number of hydrogen-bond donors (Lipinski definition) is 2. The molecular formula is C28H26N4O4. The number of ether oxygens (including phenoxy) is 1. The van der Waals surface area contributed by atoms with Gasteiger partial charge in [0, 0.05) is 11.3 Å². The molecule has 4 aromatic rings. The topological polar surface area (TPSA) is 101 Å². The summed E-state index contributed by atoms with van der Waals surface area (Å²) < 4.78 is 10.9. The van der Waals surface area contributed by atoms with E-state index >= 15 is 0 Å². The second-order valence-electron chi connectivity index (χ2n) is 8.68. The normalized spacial score (nSPS) is 15.7. The molecule has 1 aliphatic heterocycles. The minimum absolute atomic E-state index is 0.0288. The third-order valence-electron chi connectivity index (χ3n) is 6.24. The zero-order valence-corrected chi connectivity index (χ0v) is 20.2. The van der Waals surface area contributed by atoms with E-state index in [0.717, 1.165) is 16.7 Å². The molecule has 5 rings (SSSR count). The average molecular weight is 483 g/mol. The Morgan fingerprint density at radius 2 is 1.86 bits per heavy atom. The fourth-order valence-electron chi connectivity index (χ4n) is 4.42. The first-order chi connectivity index (χ1) is 17.4. The molecule has 0 bridgehead atoms. The quantitative estimate of drug-likeness (QED) is 0.379. The number of nitrogens with zero attached hydrogens (tertiary/aromatic N) is 3. The molecule has 0 saturated heterocycles. The molecule has 2 amide bonds. The summed E-state index contributed by atoms with van der Waals surface area (Å²) in [6.07, 6.45) is 0. The highest BCUT2D eigenvalue weighted by molar-refractivity contribution is 5.87. The summed E-state index contributed by atoms with van der Waals surface area (Å²) in [5, 5.41) is 17.7. The first kappa shape index (κ1) is 23.2. The van der Waals surface area contributed by atoms with E-state index in [4.69, 9.17) is 9.26 Å². The predicted molar refractivity (Wildman–Crippen MR) is 135 cm³/mol. The predicted octanol–water partition coefficient (Wildman–Crippen LogP) is 5.46. The SMILES string of the molecule is COc1ccc(C2NC(=O)N(Cc3cccc(C)c3)C(C)=C2c2nc(-c3ccccc3)no2)cc1O. The molecular weight excluding hydrogens is 456 g/mol. The molecule has 0 radical (unpaired) electrons. The van der Waals surface area contributed by atoms with E-state index in [1.807, 2.05) is 68.4 Å². The van der Waals surface area contributed by atoms with Crippen molar-refractivity contribution in [3.8, 4) is 22.9 Å². The highest BCUT2D eigenvalue weighted by Crippen LogP contribution is 2.40. The number of carbonyl (C=O) groups is 1. The van der Waals surface area contributed by atoms with Crippen LogP contribution in [0.25, 0.3) is 17.0 Å². The number of phenols is 1. The van der Waals surface area contributed by atoms with Gasteiger partial charge in [0.15, 0.2) is 11.5 Å². The van der Waals surface area contributed by atoms with Gasteiger partial charge in [-0.3, -0.25) is 4.90 Å². The smallest absolute Gasteiger partial charge is 0.322 e. The summed E-state index contributed by atoms with van der Waals surface area (Å²) in [7, 11) is 1.49. The Morgan fingerprint density at radius 3 is 2.58 bits per heavy atom. The Hall–Kier alpha value is -4.59. The molecule has 8 heteroatoms. The van der Waals surface area contributed by atoms with Crippen LogP contribution >= 0.6 is 0 Å². The van der Waals surface area contributed by atoms with Crippen LogP contribution in [0.4, 0.5) is 4.79 Å². The van der Waals surface area contributed by atoms with Crippen molar-refractivity contribution in [3.63, 3.8) is 0 Å². The molecule has 8 nitrogen and oxygen atoms in total. The van der Waals surface area contributed by atoms with Crippen molar-refractivity contribution < 1.29 is 19.2 Å². The lowest BCUT2D eigenvalue weighted by Crippen LogP contribution is -2.45. The molecule has 182 valence electrons. The number of rotatable bonds is 6. The Labute approximate surface area is 208 Å². The van der Waals surface area contributed by atoms with Gasteiger partial charge in [-0.2, -0.15) is 4.98 Å². The van der Waals surface area contributed by atoms with E-state index in [2.05, 4.69) is 15.5 Å². The monoisotopic (exact) mass is 482 g/mol. The van der Waals surface area contributed by atoms with Gasteiger partial charge in [0.05, 0.1) is 25.3 Å². The third-order valence-corrected chi connectivity index (χ3v) is 6.24. The second kappa shape index (κ2) is 9.58. The number of amides is 2. The van der Waals surface area contributed by atoms with Crippen LogP contribution in [0.3, 0.4) is 0 Å². The zero-order valence-electron chi connectivity index (χ0n) is 20.2. The molecule has 3 aromatic carbocycles. The number of phenolic OH excluding ortho intramolecular Hbond substituents is 1.